The fourth-order valence-electron chi connectivity index (χ4n) is 0.565. The molecule has 0 aliphatic rings. The normalized spacial score (nSPS) is 17.4. The van der Waals surface area contributed by atoms with Crippen molar-refractivity contribution < 1.29 is 13.9 Å². The summed E-state index contributed by atoms with van der Waals surface area (Å²) in [4.78, 5) is 11.4. The van der Waals surface area contributed by atoms with Gasteiger partial charge in [0, 0.05) is 0 Å². The molecule has 0 radical (unpaired) electrons. The minimum absolute atomic E-state index is 0.386. The Kier molecular flexibility index (Phi) is 4.89. The van der Waals surface area contributed by atoms with Gasteiger partial charge in [0.05, 0.1) is 12.2 Å². The Balaban J connectivity index is 3.96. The van der Waals surface area contributed by atoms with Crippen molar-refractivity contribution in [2.45, 2.75) is 39.7 Å². The van der Waals surface area contributed by atoms with E-state index < -0.39 is 12.3 Å². The van der Waals surface area contributed by atoms with E-state index in [-0.39, 0.29) is 0 Å². The van der Waals surface area contributed by atoms with Gasteiger partial charge in [-0.2, -0.15) is 0 Å². The van der Waals surface area contributed by atoms with E-state index in [9.17, 15) is 4.89 Å². The molecule has 0 aliphatic heterocycles. The molecule has 0 aromatic carbocycles. The van der Waals surface area contributed by atoms with Gasteiger partial charge in [-0.3, -0.25) is 0 Å². The first-order chi connectivity index (χ1) is 5.27. The lowest BCUT2D eigenvalue weighted by molar-refractivity contribution is -0.214. The lowest BCUT2D eigenvalue weighted by Gasteiger charge is -2.34. The molecule has 0 fully saturated rings. The van der Waals surface area contributed by atoms with Crippen LogP contribution in [-0.2, 0) is 20.9 Å². The minimum Gasteiger partial charge on any atom is -0.780 e. The van der Waals surface area contributed by atoms with Crippen LogP contribution in [0.2, 0.25) is 0 Å². The van der Waals surface area contributed by atoms with Crippen LogP contribution in [0.15, 0.2) is 0 Å². The van der Waals surface area contributed by atoms with E-state index >= 15 is 0 Å². The molecule has 0 bridgehead atoms. The van der Waals surface area contributed by atoms with E-state index in [0.29, 0.717) is 6.61 Å². The molecular weight excluding hydrogens is 195 g/mol. The smallest absolute Gasteiger partial charge is 0.116 e. The van der Waals surface area contributed by atoms with Crippen LogP contribution in [0.3, 0.4) is 0 Å². The Labute approximate surface area is 79.3 Å². The van der Waals surface area contributed by atoms with Crippen LogP contribution in [0.5, 0.6) is 0 Å². The fourth-order valence-corrected chi connectivity index (χ4v) is 2.59. The van der Waals surface area contributed by atoms with Crippen LogP contribution in [0.25, 0.3) is 0 Å². The molecule has 0 N–H and O–H groups in total. The van der Waals surface area contributed by atoms with Crippen molar-refractivity contribution in [2.75, 3.05) is 6.61 Å². The first-order valence-electron chi connectivity index (χ1n) is 3.93. The largest absolute Gasteiger partial charge is 0.780 e. The van der Waals surface area contributed by atoms with E-state index in [2.05, 4.69) is 11.8 Å². The third-order valence-corrected chi connectivity index (χ3v) is 2.65. The van der Waals surface area contributed by atoms with Gasteiger partial charge in [0.1, 0.15) is 6.72 Å². The zero-order valence-electron chi connectivity index (χ0n) is 7.99. The lowest BCUT2D eigenvalue weighted by Crippen LogP contribution is -2.22. The summed E-state index contributed by atoms with van der Waals surface area (Å²) in [5.41, 5.74) is -0.509. The van der Waals surface area contributed by atoms with Crippen molar-refractivity contribution in [1.29, 1.82) is 0 Å². The number of rotatable bonds is 4. The zero-order chi connectivity index (χ0) is 9.83. The summed E-state index contributed by atoms with van der Waals surface area (Å²) in [6.45, 7) is 4.44. The van der Waals surface area contributed by atoms with Crippen LogP contribution < -0.4 is 4.89 Å². The minimum atomic E-state index is -3.25. The Morgan fingerprint density at radius 3 is 2.25 bits per heavy atom. The molecule has 0 amide bonds. The maximum atomic E-state index is 11.4. The van der Waals surface area contributed by atoms with Crippen LogP contribution in [0.1, 0.15) is 34.1 Å². The second kappa shape index (κ2) is 4.68. The monoisotopic (exact) mass is 211 g/mol. The standard InChI is InChI=1S/C7H17O3PS/c1-5-6-9-11(8,12)10-7(2,3)4/h5-6H2,1-4H3,(H,8,12)/p-1. The second-order valence-electron chi connectivity index (χ2n) is 3.48. The molecule has 0 saturated heterocycles. The van der Waals surface area contributed by atoms with Crippen molar-refractivity contribution >= 4 is 18.5 Å². The maximum Gasteiger partial charge on any atom is 0.116 e. The van der Waals surface area contributed by atoms with E-state index in [0.717, 1.165) is 6.42 Å². The van der Waals surface area contributed by atoms with E-state index in [1.165, 1.54) is 0 Å². The maximum absolute atomic E-state index is 11.4. The summed E-state index contributed by atoms with van der Waals surface area (Å²) in [5, 5.41) is 0. The summed E-state index contributed by atoms with van der Waals surface area (Å²) in [7, 11) is 0. The Hall–Kier alpha value is 0.530. The zero-order valence-corrected chi connectivity index (χ0v) is 9.71. The van der Waals surface area contributed by atoms with Crippen LogP contribution in [0.4, 0.5) is 0 Å². The summed E-state index contributed by atoms with van der Waals surface area (Å²) >= 11 is 4.67. The van der Waals surface area contributed by atoms with Gasteiger partial charge < -0.3 is 13.9 Å². The van der Waals surface area contributed by atoms with Gasteiger partial charge in [0.15, 0.2) is 0 Å². The van der Waals surface area contributed by atoms with Gasteiger partial charge in [-0.25, -0.2) is 0 Å². The van der Waals surface area contributed by atoms with Crippen molar-refractivity contribution in [1.82, 2.24) is 0 Å². The first-order valence-corrected chi connectivity index (χ1v) is 6.49. The summed E-state index contributed by atoms with van der Waals surface area (Å²) in [6.07, 6.45) is 0.786. The molecule has 3 nitrogen and oxygen atoms in total. The lowest BCUT2D eigenvalue weighted by atomic mass is 10.2. The molecule has 0 aliphatic carbocycles. The third kappa shape index (κ3) is 7.19. The molecule has 0 aromatic rings. The summed E-state index contributed by atoms with van der Waals surface area (Å²) < 4.78 is 9.98. The molecule has 5 heteroatoms. The van der Waals surface area contributed by atoms with Crippen LogP contribution in [-0.4, -0.2) is 12.2 Å². The highest BCUT2D eigenvalue weighted by atomic mass is 32.5. The molecule has 0 heterocycles. The molecule has 12 heavy (non-hydrogen) atoms. The van der Waals surface area contributed by atoms with Crippen molar-refractivity contribution in [3.8, 4) is 0 Å². The van der Waals surface area contributed by atoms with Gasteiger partial charge >= 0.3 is 0 Å². The molecular formula is C7H16O3PS-. The van der Waals surface area contributed by atoms with Gasteiger partial charge in [-0.1, -0.05) is 18.7 Å². The topological polar surface area (TPSA) is 41.5 Å². The highest BCUT2D eigenvalue weighted by Crippen LogP contribution is 2.43. The molecule has 0 aromatic heterocycles. The summed E-state index contributed by atoms with van der Waals surface area (Å²) in [5.74, 6) is 0. The Bertz CT molecular complexity index is 176. The SMILES string of the molecule is CCCOP([O-])(=S)OC(C)(C)C. The fraction of sp³-hybridized carbons (Fsp3) is 1.00. The predicted molar refractivity (Wildman–Crippen MR) is 51.4 cm³/mol. The molecule has 0 spiro atoms. The molecule has 1 unspecified atom stereocenters. The number of hydrogen-bond acceptors (Lipinski definition) is 4. The van der Waals surface area contributed by atoms with Gasteiger partial charge in [-0.05, 0) is 27.2 Å². The molecule has 0 saturated carbocycles. The Morgan fingerprint density at radius 1 is 1.42 bits per heavy atom. The third-order valence-electron chi connectivity index (χ3n) is 0.839. The molecule has 74 valence electrons. The first kappa shape index (κ1) is 12.5. The van der Waals surface area contributed by atoms with Crippen molar-refractivity contribution in [3.63, 3.8) is 0 Å². The van der Waals surface area contributed by atoms with Crippen LogP contribution >= 0.6 is 6.72 Å². The van der Waals surface area contributed by atoms with E-state index in [4.69, 9.17) is 9.05 Å². The average Bonchev–Trinajstić information content (AvgIpc) is 1.78. The van der Waals surface area contributed by atoms with Crippen molar-refractivity contribution in [3.05, 3.63) is 0 Å². The van der Waals surface area contributed by atoms with Gasteiger partial charge in [-0.15, -0.1) is 0 Å². The van der Waals surface area contributed by atoms with E-state index in [1.54, 1.807) is 20.8 Å². The number of hydrogen-bond donors (Lipinski definition) is 0. The van der Waals surface area contributed by atoms with Gasteiger partial charge in [0.25, 0.3) is 0 Å². The van der Waals surface area contributed by atoms with Gasteiger partial charge in [0.2, 0.25) is 0 Å². The summed E-state index contributed by atoms with van der Waals surface area (Å²) in [6, 6.07) is 0. The molecule has 0 rings (SSSR count). The van der Waals surface area contributed by atoms with Crippen LogP contribution in [0, 0.1) is 0 Å². The quantitative estimate of drug-likeness (QED) is 0.665. The van der Waals surface area contributed by atoms with Crippen molar-refractivity contribution in [2.24, 2.45) is 0 Å². The highest BCUT2D eigenvalue weighted by Gasteiger charge is 2.16. The predicted octanol–water partition coefficient (Wildman–Crippen LogP) is 1.81. The Morgan fingerprint density at radius 2 is 1.92 bits per heavy atom. The average molecular weight is 211 g/mol. The van der Waals surface area contributed by atoms with E-state index in [1.807, 2.05) is 6.92 Å². The molecule has 1 atom stereocenters. The second-order valence-corrected chi connectivity index (χ2v) is 6.16. The highest BCUT2D eigenvalue weighted by molar-refractivity contribution is 8.06.